The molecule has 3 aromatic carbocycles. The molecule has 29 heavy (non-hydrogen) atoms. The third-order valence-corrected chi connectivity index (χ3v) is 4.42. The predicted molar refractivity (Wildman–Crippen MR) is 108 cm³/mol. The van der Waals surface area contributed by atoms with Crippen molar-refractivity contribution < 1.29 is 19.2 Å². The first kappa shape index (κ1) is 19.9. The van der Waals surface area contributed by atoms with Crippen molar-refractivity contribution in [3.63, 3.8) is 0 Å². The van der Waals surface area contributed by atoms with Crippen LogP contribution in [0.4, 0.5) is 5.69 Å². The van der Waals surface area contributed by atoms with E-state index in [1.165, 1.54) is 24.3 Å². The van der Waals surface area contributed by atoms with E-state index < -0.39 is 17.0 Å². The van der Waals surface area contributed by atoms with E-state index in [9.17, 15) is 19.7 Å². The third-order valence-electron chi connectivity index (χ3n) is 4.42. The summed E-state index contributed by atoms with van der Waals surface area (Å²) in [5.41, 5.74) is 2.56. The highest BCUT2D eigenvalue weighted by Gasteiger charge is 2.26. The number of ether oxygens (including phenoxy) is 1. The second-order valence-corrected chi connectivity index (χ2v) is 6.61. The summed E-state index contributed by atoms with van der Waals surface area (Å²) < 4.78 is 5.54. The van der Waals surface area contributed by atoms with Gasteiger partial charge in [-0.25, -0.2) is 0 Å². The number of esters is 1. The maximum absolute atomic E-state index is 13.0. The molecule has 0 aliphatic carbocycles. The van der Waals surface area contributed by atoms with Crippen LogP contribution in [0.1, 0.15) is 33.2 Å². The van der Waals surface area contributed by atoms with Crippen molar-refractivity contribution in [1.29, 1.82) is 0 Å². The number of benzene rings is 3. The number of nitro groups is 1. The van der Waals surface area contributed by atoms with Gasteiger partial charge in [0.25, 0.3) is 5.69 Å². The number of carbonyl (C=O) groups excluding carboxylic acids is 2. The molecule has 0 heterocycles. The van der Waals surface area contributed by atoms with Crippen LogP contribution in [0.15, 0.2) is 78.9 Å². The molecule has 0 saturated carbocycles. The lowest BCUT2D eigenvalue weighted by Gasteiger charge is -2.17. The van der Waals surface area contributed by atoms with E-state index in [-0.39, 0.29) is 17.9 Å². The number of nitrogens with zero attached hydrogens (tertiary/aromatic N) is 1. The van der Waals surface area contributed by atoms with E-state index in [0.717, 1.165) is 5.56 Å². The summed E-state index contributed by atoms with van der Waals surface area (Å²) in [7, 11) is 0. The molecule has 0 spiro atoms. The van der Waals surface area contributed by atoms with Gasteiger partial charge < -0.3 is 4.74 Å². The molecule has 6 nitrogen and oxygen atoms in total. The molecule has 6 heteroatoms. The molecule has 3 aromatic rings. The normalized spacial score (nSPS) is 11.5. The second kappa shape index (κ2) is 8.93. The summed E-state index contributed by atoms with van der Waals surface area (Å²) in [5, 5.41) is 10.7. The van der Waals surface area contributed by atoms with Crippen LogP contribution in [-0.2, 0) is 16.0 Å². The van der Waals surface area contributed by atoms with Gasteiger partial charge in [-0.1, -0.05) is 72.3 Å². The van der Waals surface area contributed by atoms with Crippen LogP contribution in [0.5, 0.6) is 0 Å². The quantitative estimate of drug-likeness (QED) is 0.255. The fraction of sp³-hybridized carbons (Fsp3) is 0.130. The van der Waals surface area contributed by atoms with Gasteiger partial charge in [-0.2, -0.15) is 0 Å². The molecule has 0 amide bonds. The fourth-order valence-corrected chi connectivity index (χ4v) is 2.85. The van der Waals surface area contributed by atoms with E-state index in [0.29, 0.717) is 16.7 Å². The van der Waals surface area contributed by atoms with Crippen LogP contribution in [0.3, 0.4) is 0 Å². The van der Waals surface area contributed by atoms with Gasteiger partial charge in [0.15, 0.2) is 6.10 Å². The molecule has 0 saturated heterocycles. The van der Waals surface area contributed by atoms with Gasteiger partial charge in [-0.05, 0) is 12.5 Å². The Kier molecular flexibility index (Phi) is 6.14. The third kappa shape index (κ3) is 5.13. The molecule has 1 atom stereocenters. The highest BCUT2D eigenvalue weighted by atomic mass is 16.6. The van der Waals surface area contributed by atoms with E-state index >= 15 is 0 Å². The second-order valence-electron chi connectivity index (χ2n) is 6.61. The van der Waals surface area contributed by atoms with E-state index in [1.54, 1.807) is 36.4 Å². The number of Topliss-reactive ketones (excluding diaryl/α,β-unsaturated/α-hetero) is 1. The van der Waals surface area contributed by atoms with Crippen LogP contribution in [0.2, 0.25) is 0 Å². The Morgan fingerprint density at radius 1 is 0.931 bits per heavy atom. The highest BCUT2D eigenvalue weighted by Crippen LogP contribution is 2.24. The van der Waals surface area contributed by atoms with Crippen molar-refractivity contribution in [2.45, 2.75) is 19.4 Å². The SMILES string of the molecule is Cc1ccc(C(=O)[C@@H](OC(=O)Cc2ccc([N+](=O)[O-])cc2)c2ccccc2)cc1. The standard InChI is InChI=1S/C23H19NO5/c1-16-7-11-18(12-8-16)22(26)23(19-5-3-2-4-6-19)29-21(25)15-17-9-13-20(14-10-17)24(27)28/h2-14,23H,15H2,1H3/t23-/m0/s1. The molecule has 0 aliphatic heterocycles. The summed E-state index contributed by atoms with van der Waals surface area (Å²) in [6.07, 6.45) is -1.16. The monoisotopic (exact) mass is 389 g/mol. The first-order chi connectivity index (χ1) is 13.9. The van der Waals surface area contributed by atoms with Crippen LogP contribution in [0, 0.1) is 17.0 Å². The minimum Gasteiger partial charge on any atom is -0.449 e. The summed E-state index contributed by atoms with van der Waals surface area (Å²) in [5.74, 6) is -0.901. The minimum atomic E-state index is -1.07. The number of non-ortho nitro benzene ring substituents is 1. The number of hydrogen-bond acceptors (Lipinski definition) is 5. The maximum Gasteiger partial charge on any atom is 0.311 e. The average Bonchev–Trinajstić information content (AvgIpc) is 2.73. The zero-order chi connectivity index (χ0) is 20.8. The molecule has 3 rings (SSSR count). The molecule has 0 N–H and O–H groups in total. The summed E-state index contributed by atoms with van der Waals surface area (Å²) in [4.78, 5) is 35.7. The van der Waals surface area contributed by atoms with Crippen molar-refractivity contribution in [3.05, 3.63) is 111 Å². The van der Waals surface area contributed by atoms with E-state index in [1.807, 2.05) is 25.1 Å². The molecule has 0 bridgehead atoms. The van der Waals surface area contributed by atoms with E-state index in [2.05, 4.69) is 0 Å². The Morgan fingerprint density at radius 2 is 1.55 bits per heavy atom. The average molecular weight is 389 g/mol. The Bertz CT molecular complexity index is 1010. The number of rotatable bonds is 7. The zero-order valence-electron chi connectivity index (χ0n) is 15.8. The molecule has 146 valence electrons. The van der Waals surface area contributed by atoms with E-state index in [4.69, 9.17) is 4.74 Å². The van der Waals surface area contributed by atoms with Crippen molar-refractivity contribution >= 4 is 17.4 Å². The topological polar surface area (TPSA) is 86.5 Å². The highest BCUT2D eigenvalue weighted by molar-refractivity contribution is 6.01. The lowest BCUT2D eigenvalue weighted by Crippen LogP contribution is -2.21. The summed E-state index contributed by atoms with van der Waals surface area (Å²) in [6, 6.07) is 21.5. The van der Waals surface area contributed by atoms with Gasteiger partial charge in [0.1, 0.15) is 0 Å². The van der Waals surface area contributed by atoms with Gasteiger partial charge in [0.2, 0.25) is 5.78 Å². The van der Waals surface area contributed by atoms with Gasteiger partial charge in [-0.3, -0.25) is 19.7 Å². The first-order valence-electron chi connectivity index (χ1n) is 9.02. The Balaban J connectivity index is 1.79. The number of carbonyl (C=O) groups is 2. The predicted octanol–water partition coefficient (Wildman–Crippen LogP) is 4.61. The van der Waals surface area contributed by atoms with Gasteiger partial charge in [0, 0.05) is 23.3 Å². The lowest BCUT2D eigenvalue weighted by atomic mass is 9.99. The van der Waals surface area contributed by atoms with Gasteiger partial charge in [-0.15, -0.1) is 0 Å². The lowest BCUT2D eigenvalue weighted by molar-refractivity contribution is -0.384. The van der Waals surface area contributed by atoms with Crippen LogP contribution in [-0.4, -0.2) is 16.7 Å². The Morgan fingerprint density at radius 3 is 2.14 bits per heavy atom. The number of ketones is 1. The fourth-order valence-electron chi connectivity index (χ4n) is 2.85. The summed E-state index contributed by atoms with van der Waals surface area (Å²) in [6.45, 7) is 1.92. The zero-order valence-corrected chi connectivity index (χ0v) is 15.8. The van der Waals surface area contributed by atoms with Crippen LogP contribution >= 0.6 is 0 Å². The van der Waals surface area contributed by atoms with Gasteiger partial charge >= 0.3 is 5.97 Å². The summed E-state index contributed by atoms with van der Waals surface area (Å²) >= 11 is 0. The smallest absolute Gasteiger partial charge is 0.311 e. The van der Waals surface area contributed by atoms with Crippen LogP contribution in [0.25, 0.3) is 0 Å². The maximum atomic E-state index is 13.0. The Hall–Kier alpha value is -3.80. The molecule has 0 radical (unpaired) electrons. The molecule has 0 unspecified atom stereocenters. The van der Waals surface area contributed by atoms with Crippen molar-refractivity contribution in [2.75, 3.05) is 0 Å². The van der Waals surface area contributed by atoms with Crippen molar-refractivity contribution in [3.8, 4) is 0 Å². The molecule has 0 fully saturated rings. The van der Waals surface area contributed by atoms with Crippen LogP contribution < -0.4 is 0 Å². The minimum absolute atomic E-state index is 0.0566. The van der Waals surface area contributed by atoms with Crippen molar-refractivity contribution in [2.24, 2.45) is 0 Å². The van der Waals surface area contributed by atoms with Gasteiger partial charge in [0.05, 0.1) is 11.3 Å². The van der Waals surface area contributed by atoms with Crippen molar-refractivity contribution in [1.82, 2.24) is 0 Å². The molecular weight excluding hydrogens is 370 g/mol. The molecule has 0 aromatic heterocycles. The number of aryl methyl sites for hydroxylation is 1. The number of hydrogen-bond donors (Lipinski definition) is 0. The Labute approximate surface area is 167 Å². The molecule has 0 aliphatic rings. The molecular formula is C23H19NO5. The largest absolute Gasteiger partial charge is 0.449 e. The first-order valence-corrected chi connectivity index (χ1v) is 9.02. The number of nitro benzene ring substituents is 1.